The van der Waals surface area contributed by atoms with Crippen LogP contribution in [-0.4, -0.2) is 29.4 Å². The normalized spacial score (nSPS) is 26.6. The molecule has 0 radical (unpaired) electrons. The van der Waals surface area contributed by atoms with Gasteiger partial charge in [-0.15, -0.1) is 0 Å². The van der Waals surface area contributed by atoms with Crippen LogP contribution in [0.3, 0.4) is 0 Å². The van der Waals surface area contributed by atoms with Gasteiger partial charge in [0.15, 0.2) is 0 Å². The minimum absolute atomic E-state index is 0.186. The van der Waals surface area contributed by atoms with Crippen molar-refractivity contribution in [1.82, 2.24) is 5.32 Å². The van der Waals surface area contributed by atoms with Gasteiger partial charge in [-0.2, -0.15) is 0 Å². The van der Waals surface area contributed by atoms with Crippen molar-refractivity contribution in [2.45, 2.75) is 45.3 Å². The van der Waals surface area contributed by atoms with E-state index < -0.39 is 0 Å². The van der Waals surface area contributed by atoms with Gasteiger partial charge in [-0.25, -0.2) is 4.79 Å². The van der Waals surface area contributed by atoms with Gasteiger partial charge >= 0.3 is 6.09 Å². The Balaban J connectivity index is 2.10. The summed E-state index contributed by atoms with van der Waals surface area (Å²) in [6.07, 6.45) is 0.944. The summed E-state index contributed by atoms with van der Waals surface area (Å²) in [4.78, 5) is 11.2. The maximum absolute atomic E-state index is 11.2. The number of rotatable bonds is 2. The van der Waals surface area contributed by atoms with Crippen LogP contribution in [0.25, 0.3) is 0 Å². The first-order chi connectivity index (χ1) is 6.37. The monoisotopic (exact) mass is 201 g/mol. The van der Waals surface area contributed by atoms with Crippen molar-refractivity contribution in [3.8, 4) is 0 Å². The fourth-order valence-electron chi connectivity index (χ4n) is 1.37. The minimum Gasteiger partial charge on any atom is -0.449 e. The molecule has 1 amide bonds. The van der Waals surface area contributed by atoms with Gasteiger partial charge in [0.05, 0.1) is 12.7 Å². The summed E-state index contributed by atoms with van der Waals surface area (Å²) in [5.41, 5.74) is -0.254. The van der Waals surface area contributed by atoms with Crippen molar-refractivity contribution >= 4 is 6.09 Å². The number of carbonyl (C=O) groups excluding carboxylic acids is 1. The summed E-state index contributed by atoms with van der Waals surface area (Å²) in [6, 6.07) is 0. The van der Waals surface area contributed by atoms with Gasteiger partial charge in [0, 0.05) is 5.54 Å². The molecule has 1 aliphatic rings. The molecule has 1 fully saturated rings. The van der Waals surface area contributed by atoms with E-state index in [1.807, 2.05) is 20.8 Å². The first kappa shape index (κ1) is 11.3. The number of alkyl carbamates (subject to hydrolysis) is 1. The lowest BCUT2D eigenvalue weighted by atomic mass is 9.83. The van der Waals surface area contributed by atoms with Crippen LogP contribution in [0.2, 0.25) is 0 Å². The zero-order chi connectivity index (χ0) is 10.8. The predicted octanol–water partition coefficient (Wildman–Crippen LogP) is 1.28. The number of hydrogen-bond donors (Lipinski definition) is 2. The Morgan fingerprint density at radius 2 is 2.07 bits per heavy atom. The Bertz CT molecular complexity index is 204. The molecule has 0 spiro atoms. The van der Waals surface area contributed by atoms with E-state index >= 15 is 0 Å². The van der Waals surface area contributed by atoms with Crippen LogP contribution in [0.15, 0.2) is 0 Å². The summed E-state index contributed by atoms with van der Waals surface area (Å²) < 4.78 is 5.01. The van der Waals surface area contributed by atoms with Crippen LogP contribution in [0.4, 0.5) is 4.79 Å². The maximum Gasteiger partial charge on any atom is 0.407 e. The van der Waals surface area contributed by atoms with Crippen LogP contribution in [0, 0.1) is 5.92 Å². The highest BCUT2D eigenvalue weighted by Gasteiger charge is 2.28. The number of aliphatic hydroxyl groups excluding tert-OH is 1. The van der Waals surface area contributed by atoms with E-state index in [1.165, 1.54) is 0 Å². The lowest BCUT2D eigenvalue weighted by molar-refractivity contribution is 0.00733. The number of aliphatic hydroxyl groups is 1. The standard InChI is InChI=1S/C10H19NO3/c1-10(2,3)11-9(13)14-6-7-4-8(12)5-7/h7-8,12H,4-6H2,1-3H3,(H,11,13). The van der Waals surface area contributed by atoms with E-state index in [4.69, 9.17) is 9.84 Å². The van der Waals surface area contributed by atoms with Crippen molar-refractivity contribution in [2.24, 2.45) is 5.92 Å². The number of carbonyl (C=O) groups is 1. The highest BCUT2D eigenvalue weighted by atomic mass is 16.5. The van der Waals surface area contributed by atoms with E-state index in [1.54, 1.807) is 0 Å². The Morgan fingerprint density at radius 3 is 2.50 bits per heavy atom. The van der Waals surface area contributed by atoms with Gasteiger partial charge in [0.1, 0.15) is 0 Å². The third kappa shape index (κ3) is 3.96. The summed E-state index contributed by atoms with van der Waals surface area (Å²) in [5.74, 6) is 0.343. The zero-order valence-corrected chi connectivity index (χ0v) is 9.04. The zero-order valence-electron chi connectivity index (χ0n) is 9.04. The SMILES string of the molecule is CC(C)(C)NC(=O)OCC1CC(O)C1. The van der Waals surface area contributed by atoms with Crippen LogP contribution in [0.5, 0.6) is 0 Å². The van der Waals surface area contributed by atoms with Crippen LogP contribution < -0.4 is 5.32 Å². The molecule has 82 valence electrons. The molecule has 1 aliphatic carbocycles. The van der Waals surface area contributed by atoms with Crippen LogP contribution in [-0.2, 0) is 4.74 Å². The van der Waals surface area contributed by atoms with E-state index in [0.717, 1.165) is 12.8 Å². The second-order valence-electron chi connectivity index (χ2n) is 4.96. The summed E-state index contributed by atoms with van der Waals surface area (Å²) >= 11 is 0. The van der Waals surface area contributed by atoms with Crippen LogP contribution in [0.1, 0.15) is 33.6 Å². The largest absolute Gasteiger partial charge is 0.449 e. The average molecular weight is 201 g/mol. The Labute approximate surface area is 84.6 Å². The molecular formula is C10H19NO3. The van der Waals surface area contributed by atoms with Gasteiger partial charge in [0.2, 0.25) is 0 Å². The number of amides is 1. The topological polar surface area (TPSA) is 58.6 Å². The molecule has 2 N–H and O–H groups in total. The van der Waals surface area contributed by atoms with Gasteiger partial charge in [-0.05, 0) is 39.5 Å². The van der Waals surface area contributed by atoms with Crippen molar-refractivity contribution in [1.29, 1.82) is 0 Å². The summed E-state index contributed by atoms with van der Waals surface area (Å²) in [7, 11) is 0. The van der Waals surface area contributed by atoms with E-state index in [-0.39, 0.29) is 17.7 Å². The fourth-order valence-corrected chi connectivity index (χ4v) is 1.37. The molecule has 0 saturated heterocycles. The molecule has 0 bridgehead atoms. The first-order valence-electron chi connectivity index (χ1n) is 5.00. The second kappa shape index (κ2) is 4.17. The average Bonchev–Trinajstić information content (AvgIpc) is 1.92. The maximum atomic E-state index is 11.2. The van der Waals surface area contributed by atoms with Gasteiger partial charge in [-0.1, -0.05) is 0 Å². The number of nitrogens with one attached hydrogen (secondary N) is 1. The molecule has 0 aromatic carbocycles. The van der Waals surface area contributed by atoms with Gasteiger partial charge in [-0.3, -0.25) is 0 Å². The van der Waals surface area contributed by atoms with E-state index in [9.17, 15) is 4.79 Å². The molecule has 0 aromatic rings. The smallest absolute Gasteiger partial charge is 0.407 e. The highest BCUT2D eigenvalue weighted by Crippen LogP contribution is 2.27. The van der Waals surface area contributed by atoms with Crippen molar-refractivity contribution in [3.63, 3.8) is 0 Å². The van der Waals surface area contributed by atoms with E-state index in [2.05, 4.69) is 5.32 Å². The van der Waals surface area contributed by atoms with Crippen molar-refractivity contribution in [2.75, 3.05) is 6.61 Å². The molecule has 0 atom stereocenters. The van der Waals surface area contributed by atoms with Crippen molar-refractivity contribution in [3.05, 3.63) is 0 Å². The first-order valence-corrected chi connectivity index (χ1v) is 5.00. The predicted molar refractivity (Wildman–Crippen MR) is 53.0 cm³/mol. The lowest BCUT2D eigenvalue weighted by Crippen LogP contribution is -2.42. The molecule has 4 nitrogen and oxygen atoms in total. The molecule has 1 rings (SSSR count). The molecule has 14 heavy (non-hydrogen) atoms. The van der Waals surface area contributed by atoms with Crippen LogP contribution >= 0.6 is 0 Å². The molecule has 0 heterocycles. The Hall–Kier alpha value is -0.770. The molecular weight excluding hydrogens is 182 g/mol. The molecule has 0 aromatic heterocycles. The Kier molecular flexibility index (Phi) is 3.37. The molecule has 4 heteroatoms. The number of hydrogen-bond acceptors (Lipinski definition) is 3. The summed E-state index contributed by atoms with van der Waals surface area (Å²) in [5, 5.41) is 11.7. The quantitative estimate of drug-likeness (QED) is 0.707. The summed E-state index contributed by atoms with van der Waals surface area (Å²) in [6.45, 7) is 6.13. The molecule has 0 unspecified atom stereocenters. The third-order valence-electron chi connectivity index (χ3n) is 2.14. The van der Waals surface area contributed by atoms with E-state index in [0.29, 0.717) is 12.5 Å². The van der Waals surface area contributed by atoms with Gasteiger partial charge in [0.25, 0.3) is 0 Å². The molecule has 1 saturated carbocycles. The second-order valence-corrected chi connectivity index (χ2v) is 4.96. The van der Waals surface area contributed by atoms with Gasteiger partial charge < -0.3 is 15.2 Å². The van der Waals surface area contributed by atoms with Crippen molar-refractivity contribution < 1.29 is 14.6 Å². The lowest BCUT2D eigenvalue weighted by Gasteiger charge is -2.31. The highest BCUT2D eigenvalue weighted by molar-refractivity contribution is 5.68. The number of ether oxygens (including phenoxy) is 1. The third-order valence-corrected chi connectivity index (χ3v) is 2.14. The minimum atomic E-state index is -0.376. The molecule has 0 aliphatic heterocycles. The Morgan fingerprint density at radius 1 is 1.50 bits per heavy atom. The fraction of sp³-hybridized carbons (Fsp3) is 0.900.